The second-order valence-electron chi connectivity index (χ2n) is 4.76. The van der Waals surface area contributed by atoms with Gasteiger partial charge in [0, 0.05) is 24.4 Å². The van der Waals surface area contributed by atoms with E-state index in [1.807, 2.05) is 0 Å². The number of nitro benzene ring substituents is 1. The van der Waals surface area contributed by atoms with Crippen LogP contribution in [-0.2, 0) is 9.53 Å². The molecule has 0 radical (unpaired) electrons. The van der Waals surface area contributed by atoms with Gasteiger partial charge in [-0.25, -0.2) is 0 Å². The summed E-state index contributed by atoms with van der Waals surface area (Å²) in [5, 5.41) is 13.6. The summed E-state index contributed by atoms with van der Waals surface area (Å²) in [7, 11) is 0. The molecule has 0 saturated carbocycles. The molecule has 0 aliphatic carbocycles. The van der Waals surface area contributed by atoms with E-state index in [2.05, 4.69) is 5.32 Å². The van der Waals surface area contributed by atoms with Crippen LogP contribution in [-0.4, -0.2) is 24.0 Å². The Morgan fingerprint density at radius 2 is 2.05 bits per heavy atom. The Labute approximate surface area is 110 Å². The molecule has 1 amide bonds. The summed E-state index contributed by atoms with van der Waals surface area (Å²) < 4.78 is 5.18. The number of non-ortho nitro benzene ring substituents is 1. The van der Waals surface area contributed by atoms with Crippen molar-refractivity contribution in [2.75, 3.05) is 18.5 Å². The van der Waals surface area contributed by atoms with Gasteiger partial charge in [0.1, 0.15) is 0 Å². The van der Waals surface area contributed by atoms with E-state index in [4.69, 9.17) is 4.74 Å². The number of nitro groups is 1. The van der Waals surface area contributed by atoms with Crippen molar-refractivity contribution in [1.82, 2.24) is 0 Å². The van der Waals surface area contributed by atoms with Gasteiger partial charge in [-0.05, 0) is 31.4 Å². The van der Waals surface area contributed by atoms with E-state index < -0.39 is 4.92 Å². The van der Waals surface area contributed by atoms with E-state index in [1.165, 1.54) is 12.1 Å². The van der Waals surface area contributed by atoms with Crippen LogP contribution < -0.4 is 5.32 Å². The van der Waals surface area contributed by atoms with Gasteiger partial charge in [-0.15, -0.1) is 0 Å². The van der Waals surface area contributed by atoms with Crippen molar-refractivity contribution in [2.45, 2.75) is 20.3 Å². The summed E-state index contributed by atoms with van der Waals surface area (Å²) in [4.78, 5) is 22.3. The number of nitrogens with zero attached hydrogens (tertiary/aromatic N) is 1. The van der Waals surface area contributed by atoms with Crippen molar-refractivity contribution in [1.29, 1.82) is 0 Å². The first-order valence-corrected chi connectivity index (χ1v) is 6.13. The fraction of sp³-hybridized carbons (Fsp3) is 0.462. The average Bonchev–Trinajstić information content (AvgIpc) is 2.86. The van der Waals surface area contributed by atoms with Gasteiger partial charge in [-0.1, -0.05) is 0 Å². The maximum Gasteiger partial charge on any atom is 0.270 e. The van der Waals surface area contributed by atoms with Crippen molar-refractivity contribution < 1.29 is 14.5 Å². The van der Waals surface area contributed by atoms with Crippen LogP contribution in [0.3, 0.4) is 0 Å². The minimum atomic E-state index is -0.434. The molecule has 1 heterocycles. The first-order chi connectivity index (χ1) is 8.99. The summed E-state index contributed by atoms with van der Waals surface area (Å²) in [5.41, 5.74) is 2.08. The second kappa shape index (κ2) is 5.36. The topological polar surface area (TPSA) is 81.5 Å². The Balaban J connectivity index is 2.20. The molecule has 1 aromatic carbocycles. The Bertz CT molecular complexity index is 498. The molecule has 1 aliphatic heterocycles. The van der Waals surface area contributed by atoms with Gasteiger partial charge in [0.15, 0.2) is 0 Å². The predicted molar refractivity (Wildman–Crippen MR) is 70.1 cm³/mol. The molecule has 0 bridgehead atoms. The third kappa shape index (κ3) is 2.90. The van der Waals surface area contributed by atoms with Gasteiger partial charge < -0.3 is 10.1 Å². The van der Waals surface area contributed by atoms with E-state index in [-0.39, 0.29) is 17.5 Å². The molecule has 1 N–H and O–H groups in total. The zero-order chi connectivity index (χ0) is 14.0. The number of amides is 1. The maximum absolute atomic E-state index is 12.0. The van der Waals surface area contributed by atoms with Crippen LogP contribution in [0.5, 0.6) is 0 Å². The normalized spacial score (nSPS) is 18.3. The highest BCUT2D eigenvalue weighted by Gasteiger charge is 2.24. The number of carbonyl (C=O) groups is 1. The molecule has 6 nitrogen and oxygen atoms in total. The van der Waals surface area contributed by atoms with Gasteiger partial charge in [0.25, 0.3) is 5.69 Å². The summed E-state index contributed by atoms with van der Waals surface area (Å²) in [6, 6.07) is 2.93. The van der Waals surface area contributed by atoms with E-state index in [1.54, 1.807) is 13.8 Å². The first kappa shape index (κ1) is 13.5. The maximum atomic E-state index is 12.0. The molecular weight excluding hydrogens is 248 g/mol. The third-order valence-electron chi connectivity index (χ3n) is 3.28. The largest absolute Gasteiger partial charge is 0.381 e. The van der Waals surface area contributed by atoms with Crippen LogP contribution in [0.4, 0.5) is 11.4 Å². The van der Waals surface area contributed by atoms with Gasteiger partial charge in [-0.3, -0.25) is 14.9 Å². The van der Waals surface area contributed by atoms with Crippen LogP contribution in [0.2, 0.25) is 0 Å². The predicted octanol–water partition coefficient (Wildman–Crippen LogP) is 2.19. The first-order valence-electron chi connectivity index (χ1n) is 6.13. The lowest BCUT2D eigenvalue weighted by molar-refractivity contribution is -0.384. The highest BCUT2D eigenvalue weighted by Crippen LogP contribution is 2.27. The van der Waals surface area contributed by atoms with Crippen molar-refractivity contribution >= 4 is 17.3 Å². The number of nitrogens with one attached hydrogen (secondary N) is 1. The number of benzene rings is 1. The van der Waals surface area contributed by atoms with Gasteiger partial charge >= 0.3 is 0 Å². The van der Waals surface area contributed by atoms with Gasteiger partial charge in [0.2, 0.25) is 5.91 Å². The van der Waals surface area contributed by atoms with Gasteiger partial charge in [0.05, 0.1) is 17.4 Å². The number of aryl methyl sites for hydroxylation is 2. The second-order valence-corrected chi connectivity index (χ2v) is 4.76. The molecule has 6 heteroatoms. The molecule has 0 spiro atoms. The van der Waals surface area contributed by atoms with E-state index >= 15 is 0 Å². The highest BCUT2D eigenvalue weighted by molar-refractivity contribution is 5.94. The summed E-state index contributed by atoms with van der Waals surface area (Å²) in [6.45, 7) is 4.55. The summed E-state index contributed by atoms with van der Waals surface area (Å²) in [5.74, 6) is -0.216. The summed E-state index contributed by atoms with van der Waals surface area (Å²) >= 11 is 0. The Morgan fingerprint density at radius 3 is 2.53 bits per heavy atom. The monoisotopic (exact) mass is 264 g/mol. The molecule has 2 rings (SSSR count). The molecular formula is C13H16N2O4. The van der Waals surface area contributed by atoms with Crippen LogP contribution in [0.1, 0.15) is 17.5 Å². The molecule has 1 saturated heterocycles. The fourth-order valence-electron chi connectivity index (χ4n) is 2.21. The van der Waals surface area contributed by atoms with E-state index in [0.29, 0.717) is 30.0 Å². The Kier molecular flexibility index (Phi) is 3.80. The molecule has 19 heavy (non-hydrogen) atoms. The Morgan fingerprint density at radius 1 is 1.42 bits per heavy atom. The SMILES string of the molecule is Cc1cc([N+](=O)[O-])cc(C)c1NC(=O)[C@H]1CCOC1. The zero-order valence-electron chi connectivity index (χ0n) is 10.9. The van der Waals surface area contributed by atoms with Crippen LogP contribution in [0.25, 0.3) is 0 Å². The van der Waals surface area contributed by atoms with Crippen molar-refractivity contribution in [3.63, 3.8) is 0 Å². The molecule has 0 unspecified atom stereocenters. The molecule has 102 valence electrons. The van der Waals surface area contributed by atoms with Crippen LogP contribution >= 0.6 is 0 Å². The molecule has 1 aromatic rings. The number of rotatable bonds is 3. The van der Waals surface area contributed by atoms with E-state index in [9.17, 15) is 14.9 Å². The smallest absolute Gasteiger partial charge is 0.270 e. The summed E-state index contributed by atoms with van der Waals surface area (Å²) in [6.07, 6.45) is 0.719. The quantitative estimate of drug-likeness (QED) is 0.670. The average molecular weight is 264 g/mol. The lowest BCUT2D eigenvalue weighted by Crippen LogP contribution is -2.23. The number of hydrogen-bond donors (Lipinski definition) is 1. The van der Waals surface area contributed by atoms with Crippen LogP contribution in [0, 0.1) is 29.9 Å². The number of anilines is 1. The van der Waals surface area contributed by atoms with Crippen LogP contribution in [0.15, 0.2) is 12.1 Å². The third-order valence-corrected chi connectivity index (χ3v) is 3.28. The van der Waals surface area contributed by atoms with Crippen molar-refractivity contribution in [2.24, 2.45) is 5.92 Å². The zero-order valence-corrected chi connectivity index (χ0v) is 10.9. The minimum absolute atomic E-state index is 0.0391. The lowest BCUT2D eigenvalue weighted by atomic mass is 10.0. The Hall–Kier alpha value is -1.95. The van der Waals surface area contributed by atoms with Crippen molar-refractivity contribution in [3.05, 3.63) is 33.4 Å². The molecule has 1 atom stereocenters. The van der Waals surface area contributed by atoms with Gasteiger partial charge in [-0.2, -0.15) is 0 Å². The highest BCUT2D eigenvalue weighted by atomic mass is 16.6. The van der Waals surface area contributed by atoms with Crippen molar-refractivity contribution in [3.8, 4) is 0 Å². The minimum Gasteiger partial charge on any atom is -0.381 e. The lowest BCUT2D eigenvalue weighted by Gasteiger charge is -2.14. The standard InChI is InChI=1S/C13H16N2O4/c1-8-5-11(15(17)18)6-9(2)12(8)14-13(16)10-3-4-19-7-10/h5-6,10H,3-4,7H2,1-2H3,(H,14,16)/t10-/m0/s1. The molecule has 1 aliphatic rings. The number of ether oxygens (including phenoxy) is 1. The fourth-order valence-corrected chi connectivity index (χ4v) is 2.21. The molecule has 0 aromatic heterocycles. The van der Waals surface area contributed by atoms with E-state index in [0.717, 1.165) is 6.42 Å². The number of hydrogen-bond acceptors (Lipinski definition) is 4. The molecule has 1 fully saturated rings. The number of carbonyl (C=O) groups excluding carboxylic acids is 1.